The van der Waals surface area contributed by atoms with E-state index in [4.69, 9.17) is 0 Å². The van der Waals surface area contributed by atoms with Gasteiger partial charge in [-0.25, -0.2) is 8.42 Å². The summed E-state index contributed by atoms with van der Waals surface area (Å²) in [7, 11) is -3.37. The number of benzene rings is 1. The van der Waals surface area contributed by atoms with Gasteiger partial charge < -0.3 is 5.32 Å². The normalized spacial score (nSPS) is 26.2. The van der Waals surface area contributed by atoms with Gasteiger partial charge >= 0.3 is 0 Å². The molecule has 0 bridgehead atoms. The highest BCUT2D eigenvalue weighted by Crippen LogP contribution is 2.20. The van der Waals surface area contributed by atoms with Gasteiger partial charge in [0, 0.05) is 25.2 Å². The summed E-state index contributed by atoms with van der Waals surface area (Å²) in [6.07, 6.45) is 0. The molecule has 0 amide bonds. The first-order valence-electron chi connectivity index (χ1n) is 6.23. The van der Waals surface area contributed by atoms with E-state index in [9.17, 15) is 8.42 Å². The molecule has 0 aliphatic carbocycles. The lowest BCUT2D eigenvalue weighted by molar-refractivity contribution is 0.244. The number of hydrogen-bond donors (Lipinski definition) is 1. The third kappa shape index (κ3) is 2.58. The molecule has 1 heterocycles. The van der Waals surface area contributed by atoms with E-state index in [0.717, 1.165) is 5.56 Å². The van der Waals surface area contributed by atoms with Crippen LogP contribution in [0.2, 0.25) is 0 Å². The van der Waals surface area contributed by atoms with Crippen LogP contribution in [0.1, 0.15) is 19.4 Å². The summed E-state index contributed by atoms with van der Waals surface area (Å²) in [5, 5.41) is 3.29. The summed E-state index contributed by atoms with van der Waals surface area (Å²) in [5.41, 5.74) is 1.07. The molecule has 0 radical (unpaired) electrons. The van der Waals surface area contributed by atoms with E-state index in [1.54, 1.807) is 16.4 Å². The lowest BCUT2D eigenvalue weighted by atomic mass is 10.2. The minimum Gasteiger partial charge on any atom is -0.311 e. The van der Waals surface area contributed by atoms with Gasteiger partial charge in [-0.2, -0.15) is 4.31 Å². The molecule has 1 aliphatic heterocycles. The second kappa shape index (κ2) is 4.99. The number of piperazine rings is 1. The Labute approximate surface area is 109 Å². The molecule has 2 unspecified atom stereocenters. The molecule has 1 saturated heterocycles. The molecule has 1 fully saturated rings. The van der Waals surface area contributed by atoms with Crippen molar-refractivity contribution in [2.45, 2.75) is 37.8 Å². The molecule has 4 nitrogen and oxygen atoms in total. The highest BCUT2D eigenvalue weighted by Gasteiger charge is 2.33. The zero-order valence-corrected chi connectivity index (χ0v) is 11.9. The van der Waals surface area contributed by atoms with E-state index in [-0.39, 0.29) is 12.1 Å². The highest BCUT2D eigenvalue weighted by molar-refractivity contribution is 7.89. The molecular formula is C13H20N2O2S. The van der Waals surface area contributed by atoms with Gasteiger partial charge in [-0.1, -0.05) is 17.7 Å². The quantitative estimate of drug-likeness (QED) is 0.881. The van der Waals surface area contributed by atoms with E-state index in [0.29, 0.717) is 18.0 Å². The van der Waals surface area contributed by atoms with Gasteiger partial charge in [-0.05, 0) is 32.9 Å². The highest BCUT2D eigenvalue weighted by atomic mass is 32.2. The van der Waals surface area contributed by atoms with Crippen molar-refractivity contribution in [3.63, 3.8) is 0 Å². The van der Waals surface area contributed by atoms with E-state index in [1.165, 1.54) is 0 Å². The van der Waals surface area contributed by atoms with Gasteiger partial charge in [0.25, 0.3) is 0 Å². The van der Waals surface area contributed by atoms with Gasteiger partial charge in [-0.3, -0.25) is 0 Å². The first kappa shape index (κ1) is 13.5. The molecule has 1 N–H and O–H groups in total. The van der Waals surface area contributed by atoms with Crippen LogP contribution in [-0.4, -0.2) is 37.9 Å². The predicted octanol–water partition coefficient (Wildman–Crippen LogP) is 1.37. The van der Waals surface area contributed by atoms with Crippen molar-refractivity contribution in [2.24, 2.45) is 0 Å². The van der Waals surface area contributed by atoms with Crippen LogP contribution in [0.25, 0.3) is 0 Å². The van der Waals surface area contributed by atoms with Crippen LogP contribution in [0.5, 0.6) is 0 Å². The van der Waals surface area contributed by atoms with Gasteiger partial charge in [-0.15, -0.1) is 0 Å². The van der Waals surface area contributed by atoms with Crippen molar-refractivity contribution in [3.05, 3.63) is 29.8 Å². The predicted molar refractivity (Wildman–Crippen MR) is 72.0 cm³/mol. The molecular weight excluding hydrogens is 248 g/mol. The lowest BCUT2D eigenvalue weighted by Crippen LogP contribution is -2.56. The van der Waals surface area contributed by atoms with Gasteiger partial charge in [0.2, 0.25) is 10.0 Å². The third-order valence-electron chi connectivity index (χ3n) is 3.33. The summed E-state index contributed by atoms with van der Waals surface area (Å²) < 4.78 is 26.7. The summed E-state index contributed by atoms with van der Waals surface area (Å²) in [6.45, 7) is 7.11. The minimum absolute atomic E-state index is 0.00694. The second-order valence-corrected chi connectivity index (χ2v) is 6.94. The van der Waals surface area contributed by atoms with Gasteiger partial charge in [0.05, 0.1) is 4.90 Å². The summed E-state index contributed by atoms with van der Waals surface area (Å²) >= 11 is 0. The Balaban J connectivity index is 2.32. The number of sulfonamides is 1. The lowest BCUT2D eigenvalue weighted by Gasteiger charge is -2.36. The SMILES string of the molecule is Cc1ccc(S(=O)(=O)N2CC(C)NCC2C)cc1. The first-order chi connectivity index (χ1) is 8.41. The monoisotopic (exact) mass is 268 g/mol. The maximum Gasteiger partial charge on any atom is 0.243 e. The van der Waals surface area contributed by atoms with Crippen LogP contribution >= 0.6 is 0 Å². The van der Waals surface area contributed by atoms with Crippen molar-refractivity contribution < 1.29 is 8.42 Å². The Morgan fingerprint density at radius 2 is 1.83 bits per heavy atom. The fourth-order valence-electron chi connectivity index (χ4n) is 2.17. The molecule has 2 atom stereocenters. The van der Waals surface area contributed by atoms with Gasteiger partial charge in [0.1, 0.15) is 0 Å². The van der Waals surface area contributed by atoms with Crippen LogP contribution in [0.3, 0.4) is 0 Å². The van der Waals surface area contributed by atoms with Crippen LogP contribution < -0.4 is 5.32 Å². The fraction of sp³-hybridized carbons (Fsp3) is 0.538. The zero-order valence-electron chi connectivity index (χ0n) is 11.1. The molecule has 0 saturated carbocycles. The Kier molecular flexibility index (Phi) is 3.75. The molecule has 1 aromatic rings. The second-order valence-electron chi connectivity index (χ2n) is 5.05. The van der Waals surface area contributed by atoms with Crippen molar-refractivity contribution in [1.29, 1.82) is 0 Å². The van der Waals surface area contributed by atoms with Crippen molar-refractivity contribution in [3.8, 4) is 0 Å². The number of rotatable bonds is 2. The molecule has 1 aliphatic rings. The molecule has 0 aromatic heterocycles. The maximum absolute atomic E-state index is 12.6. The van der Waals surface area contributed by atoms with E-state index >= 15 is 0 Å². The van der Waals surface area contributed by atoms with E-state index in [2.05, 4.69) is 5.32 Å². The molecule has 0 spiro atoms. The molecule has 18 heavy (non-hydrogen) atoms. The Hall–Kier alpha value is -0.910. The van der Waals surface area contributed by atoms with Crippen LogP contribution in [0.4, 0.5) is 0 Å². The number of nitrogens with zero attached hydrogens (tertiary/aromatic N) is 1. The summed E-state index contributed by atoms with van der Waals surface area (Å²) in [5.74, 6) is 0. The Morgan fingerprint density at radius 1 is 1.22 bits per heavy atom. The third-order valence-corrected chi connectivity index (χ3v) is 5.33. The Morgan fingerprint density at radius 3 is 2.44 bits per heavy atom. The Bertz CT molecular complexity index is 510. The maximum atomic E-state index is 12.6. The van der Waals surface area contributed by atoms with Crippen molar-refractivity contribution >= 4 is 10.0 Å². The number of nitrogens with one attached hydrogen (secondary N) is 1. The van der Waals surface area contributed by atoms with Crippen molar-refractivity contribution in [2.75, 3.05) is 13.1 Å². The summed E-state index contributed by atoms with van der Waals surface area (Å²) in [6, 6.07) is 7.23. The largest absolute Gasteiger partial charge is 0.311 e. The van der Waals surface area contributed by atoms with E-state index < -0.39 is 10.0 Å². The van der Waals surface area contributed by atoms with E-state index in [1.807, 2.05) is 32.9 Å². The molecule has 2 rings (SSSR count). The summed E-state index contributed by atoms with van der Waals surface area (Å²) in [4.78, 5) is 0.383. The average molecular weight is 268 g/mol. The first-order valence-corrected chi connectivity index (χ1v) is 7.67. The van der Waals surface area contributed by atoms with Crippen LogP contribution in [0.15, 0.2) is 29.2 Å². The number of hydrogen-bond acceptors (Lipinski definition) is 3. The van der Waals surface area contributed by atoms with Gasteiger partial charge in [0.15, 0.2) is 0 Å². The van der Waals surface area contributed by atoms with Crippen molar-refractivity contribution in [1.82, 2.24) is 9.62 Å². The smallest absolute Gasteiger partial charge is 0.243 e. The number of aryl methyl sites for hydroxylation is 1. The van der Waals surface area contributed by atoms with Crippen LogP contribution in [-0.2, 0) is 10.0 Å². The zero-order chi connectivity index (χ0) is 13.3. The minimum atomic E-state index is -3.37. The standard InChI is InChI=1S/C13H20N2O2S/c1-10-4-6-13(7-5-10)18(16,17)15-9-11(2)14-8-12(15)3/h4-7,11-12,14H,8-9H2,1-3H3. The molecule has 100 valence electrons. The molecule has 5 heteroatoms. The fourth-order valence-corrected chi connectivity index (χ4v) is 3.89. The average Bonchev–Trinajstić information content (AvgIpc) is 2.32. The molecule has 1 aromatic carbocycles. The van der Waals surface area contributed by atoms with Crippen LogP contribution in [0, 0.1) is 6.92 Å². The topological polar surface area (TPSA) is 49.4 Å².